The summed E-state index contributed by atoms with van der Waals surface area (Å²) in [4.78, 5) is 8.01. The lowest BCUT2D eigenvalue weighted by atomic mass is 10.2. The van der Waals surface area contributed by atoms with Crippen molar-refractivity contribution in [2.24, 2.45) is 0 Å². The number of rotatable bonds is 3. The largest absolute Gasteiger partial charge is 0.378 e. The van der Waals surface area contributed by atoms with Crippen LogP contribution in [-0.4, -0.2) is 9.97 Å². The van der Waals surface area contributed by atoms with Crippen LogP contribution in [0.4, 0.5) is 5.69 Å². The molecule has 0 aromatic carbocycles. The number of hydrogen-bond acceptors (Lipinski definition) is 3. The highest BCUT2D eigenvalue weighted by atomic mass is 35.5. The van der Waals surface area contributed by atoms with Gasteiger partial charge in [0.1, 0.15) is 0 Å². The normalized spacial score (nSPS) is 10.1. The van der Waals surface area contributed by atoms with Gasteiger partial charge in [-0.05, 0) is 36.2 Å². The van der Waals surface area contributed by atoms with E-state index in [2.05, 4.69) is 15.3 Å². The van der Waals surface area contributed by atoms with Crippen LogP contribution >= 0.6 is 11.6 Å². The summed E-state index contributed by atoms with van der Waals surface area (Å²) in [5.41, 5.74) is 3.14. The fraction of sp³-hybridized carbons (Fsp3) is 0.167. The summed E-state index contributed by atoms with van der Waals surface area (Å²) < 4.78 is 0. The third kappa shape index (κ3) is 2.49. The number of nitrogens with one attached hydrogen (secondary N) is 1. The Balaban J connectivity index is 2.11. The lowest BCUT2D eigenvalue weighted by Gasteiger charge is -2.10. The molecule has 0 radical (unpaired) electrons. The van der Waals surface area contributed by atoms with Gasteiger partial charge in [-0.15, -0.1) is 0 Å². The van der Waals surface area contributed by atoms with Crippen LogP contribution in [0.25, 0.3) is 0 Å². The van der Waals surface area contributed by atoms with Crippen molar-refractivity contribution in [3.8, 4) is 0 Å². The first kappa shape index (κ1) is 10.9. The SMILES string of the molecule is Cc1ccnc(Cl)c1NCc1ccncc1. The van der Waals surface area contributed by atoms with Crippen LogP contribution in [0.5, 0.6) is 0 Å². The standard InChI is InChI=1S/C12H12ClN3/c1-9-2-7-15-12(13)11(9)16-8-10-3-5-14-6-4-10/h2-7,16H,8H2,1H3. The molecule has 16 heavy (non-hydrogen) atoms. The molecule has 2 aromatic heterocycles. The van der Waals surface area contributed by atoms with Crippen LogP contribution in [0.3, 0.4) is 0 Å². The maximum atomic E-state index is 6.01. The van der Waals surface area contributed by atoms with Crippen molar-refractivity contribution in [3.63, 3.8) is 0 Å². The first-order valence-electron chi connectivity index (χ1n) is 5.01. The van der Waals surface area contributed by atoms with E-state index in [1.165, 1.54) is 0 Å². The summed E-state index contributed by atoms with van der Waals surface area (Å²) in [6.07, 6.45) is 5.25. The Hall–Kier alpha value is -1.61. The quantitative estimate of drug-likeness (QED) is 0.828. The van der Waals surface area contributed by atoms with Crippen LogP contribution in [0.1, 0.15) is 11.1 Å². The average molecular weight is 234 g/mol. The zero-order valence-corrected chi connectivity index (χ0v) is 9.70. The summed E-state index contributed by atoms with van der Waals surface area (Å²) in [5, 5.41) is 3.78. The van der Waals surface area contributed by atoms with E-state index in [-0.39, 0.29) is 0 Å². The Bertz CT molecular complexity index is 451. The molecule has 0 fully saturated rings. The van der Waals surface area contributed by atoms with Crippen LogP contribution < -0.4 is 5.32 Å². The Labute approximate surface area is 99.5 Å². The number of pyridine rings is 2. The van der Waals surface area contributed by atoms with Crippen LogP contribution in [0, 0.1) is 6.92 Å². The molecule has 82 valence electrons. The molecule has 0 saturated heterocycles. The van der Waals surface area contributed by atoms with Crippen LogP contribution in [0.2, 0.25) is 5.15 Å². The van der Waals surface area contributed by atoms with E-state index in [0.717, 1.165) is 23.4 Å². The van der Waals surface area contributed by atoms with Crippen molar-refractivity contribution in [1.82, 2.24) is 9.97 Å². The van der Waals surface area contributed by atoms with E-state index in [0.29, 0.717) is 5.15 Å². The molecule has 2 rings (SSSR count). The Kier molecular flexibility index (Phi) is 3.37. The molecule has 0 amide bonds. The van der Waals surface area contributed by atoms with E-state index < -0.39 is 0 Å². The van der Waals surface area contributed by atoms with Gasteiger partial charge in [0.05, 0.1) is 5.69 Å². The zero-order valence-electron chi connectivity index (χ0n) is 8.94. The molecule has 2 aromatic rings. The van der Waals surface area contributed by atoms with Gasteiger partial charge in [0, 0.05) is 25.1 Å². The van der Waals surface area contributed by atoms with Crippen molar-refractivity contribution < 1.29 is 0 Å². The Morgan fingerprint density at radius 1 is 1.19 bits per heavy atom. The number of aryl methyl sites for hydroxylation is 1. The minimum absolute atomic E-state index is 0.508. The Morgan fingerprint density at radius 2 is 1.94 bits per heavy atom. The fourth-order valence-electron chi connectivity index (χ4n) is 1.43. The second-order valence-corrected chi connectivity index (χ2v) is 3.86. The van der Waals surface area contributed by atoms with E-state index in [9.17, 15) is 0 Å². The van der Waals surface area contributed by atoms with Gasteiger partial charge in [-0.25, -0.2) is 4.98 Å². The van der Waals surface area contributed by atoms with Gasteiger partial charge >= 0.3 is 0 Å². The number of hydrogen-bond donors (Lipinski definition) is 1. The van der Waals surface area contributed by atoms with Crippen molar-refractivity contribution in [2.75, 3.05) is 5.32 Å². The predicted octanol–water partition coefficient (Wildman–Crippen LogP) is 3.05. The molecule has 0 atom stereocenters. The third-order valence-corrected chi connectivity index (χ3v) is 2.62. The molecule has 0 aliphatic rings. The molecule has 3 nitrogen and oxygen atoms in total. The first-order valence-corrected chi connectivity index (χ1v) is 5.39. The van der Waals surface area contributed by atoms with E-state index >= 15 is 0 Å². The molecule has 0 unspecified atom stereocenters. The fourth-order valence-corrected chi connectivity index (χ4v) is 1.70. The maximum absolute atomic E-state index is 6.01. The second kappa shape index (κ2) is 4.94. The van der Waals surface area contributed by atoms with Crippen LogP contribution in [0.15, 0.2) is 36.8 Å². The highest BCUT2D eigenvalue weighted by Crippen LogP contribution is 2.23. The van der Waals surface area contributed by atoms with Crippen molar-refractivity contribution in [2.45, 2.75) is 13.5 Å². The van der Waals surface area contributed by atoms with Gasteiger partial charge in [0.15, 0.2) is 5.15 Å². The van der Waals surface area contributed by atoms with Crippen molar-refractivity contribution >= 4 is 17.3 Å². The number of nitrogens with zero attached hydrogens (tertiary/aromatic N) is 2. The summed E-state index contributed by atoms with van der Waals surface area (Å²) in [6.45, 7) is 2.72. The van der Waals surface area contributed by atoms with Gasteiger partial charge < -0.3 is 5.32 Å². The molecular formula is C12H12ClN3. The van der Waals surface area contributed by atoms with Gasteiger partial charge in [0.2, 0.25) is 0 Å². The van der Waals surface area contributed by atoms with Gasteiger partial charge in [-0.3, -0.25) is 4.98 Å². The average Bonchev–Trinajstić information content (AvgIpc) is 2.30. The highest BCUT2D eigenvalue weighted by Gasteiger charge is 2.03. The molecular weight excluding hydrogens is 222 g/mol. The molecule has 2 heterocycles. The van der Waals surface area contributed by atoms with Gasteiger partial charge in [0.25, 0.3) is 0 Å². The molecule has 0 bridgehead atoms. The zero-order chi connectivity index (χ0) is 11.4. The summed E-state index contributed by atoms with van der Waals surface area (Å²) in [6, 6.07) is 5.86. The maximum Gasteiger partial charge on any atom is 0.152 e. The lowest BCUT2D eigenvalue weighted by Crippen LogP contribution is -2.02. The Morgan fingerprint density at radius 3 is 2.62 bits per heavy atom. The van der Waals surface area contributed by atoms with Crippen molar-refractivity contribution in [1.29, 1.82) is 0 Å². The lowest BCUT2D eigenvalue weighted by molar-refractivity contribution is 1.11. The van der Waals surface area contributed by atoms with E-state index in [1.54, 1.807) is 18.6 Å². The molecule has 4 heteroatoms. The third-order valence-electron chi connectivity index (χ3n) is 2.33. The summed E-state index contributed by atoms with van der Waals surface area (Å²) >= 11 is 6.01. The molecule has 0 spiro atoms. The highest BCUT2D eigenvalue weighted by molar-refractivity contribution is 6.32. The molecule has 0 aliphatic carbocycles. The van der Waals surface area contributed by atoms with Gasteiger partial charge in [-0.1, -0.05) is 11.6 Å². The summed E-state index contributed by atoms with van der Waals surface area (Å²) in [7, 11) is 0. The van der Waals surface area contributed by atoms with Gasteiger partial charge in [-0.2, -0.15) is 0 Å². The molecule has 1 N–H and O–H groups in total. The summed E-state index contributed by atoms with van der Waals surface area (Å²) in [5.74, 6) is 0. The van der Waals surface area contributed by atoms with E-state index in [4.69, 9.17) is 11.6 Å². The van der Waals surface area contributed by atoms with E-state index in [1.807, 2.05) is 25.1 Å². The topological polar surface area (TPSA) is 37.8 Å². The van der Waals surface area contributed by atoms with Crippen molar-refractivity contribution in [3.05, 3.63) is 53.1 Å². The predicted molar refractivity (Wildman–Crippen MR) is 65.5 cm³/mol. The smallest absolute Gasteiger partial charge is 0.152 e. The minimum atomic E-state index is 0.508. The second-order valence-electron chi connectivity index (χ2n) is 3.50. The minimum Gasteiger partial charge on any atom is -0.378 e. The van der Waals surface area contributed by atoms with Crippen LogP contribution in [-0.2, 0) is 6.54 Å². The monoisotopic (exact) mass is 233 g/mol. The first-order chi connectivity index (χ1) is 7.77. The molecule has 0 aliphatic heterocycles. The number of halogens is 1. The number of anilines is 1. The number of aromatic nitrogens is 2. The molecule has 0 saturated carbocycles.